The van der Waals surface area contributed by atoms with E-state index in [1.165, 1.54) is 72.0 Å². The van der Waals surface area contributed by atoms with Crippen molar-refractivity contribution in [2.45, 2.75) is 77.0 Å². The van der Waals surface area contributed by atoms with E-state index in [1.807, 2.05) is 0 Å². The van der Waals surface area contributed by atoms with Crippen LogP contribution in [0.25, 0.3) is 0 Å². The Morgan fingerprint density at radius 2 is 1.39 bits per heavy atom. The van der Waals surface area contributed by atoms with Crippen molar-refractivity contribution in [1.29, 1.82) is 0 Å². The number of rotatable bonds is 17. The van der Waals surface area contributed by atoms with Gasteiger partial charge in [0.15, 0.2) is 11.5 Å². The van der Waals surface area contributed by atoms with Gasteiger partial charge in [-0.25, -0.2) is 4.79 Å². The zero-order valence-corrected chi connectivity index (χ0v) is 17.7. The second-order valence-electron chi connectivity index (χ2n) is 6.98. The molecule has 1 aromatic rings. The van der Waals surface area contributed by atoms with Crippen LogP contribution in [0.5, 0.6) is 11.5 Å². The normalized spacial score (nSPS) is 10.7. The summed E-state index contributed by atoms with van der Waals surface area (Å²) in [6, 6.07) is 5.05. The first kappa shape index (κ1) is 24.3. The molecular formula is C23H37O5. The number of carbonyl (C=O) groups excluding carboxylic acids is 1. The number of hydrogen-bond acceptors (Lipinski definition) is 5. The predicted molar refractivity (Wildman–Crippen MR) is 112 cm³/mol. The second kappa shape index (κ2) is 16.2. The molecule has 1 radical (unpaired) electrons. The molecule has 0 saturated carbocycles. The minimum Gasteiger partial charge on any atom is -0.493 e. The van der Waals surface area contributed by atoms with Crippen LogP contribution < -0.4 is 9.47 Å². The van der Waals surface area contributed by atoms with Crippen LogP contribution in [0.15, 0.2) is 18.2 Å². The maximum absolute atomic E-state index is 12.1. The Kier molecular flexibility index (Phi) is 14.1. The molecule has 0 unspecified atom stereocenters. The summed E-state index contributed by atoms with van der Waals surface area (Å²) >= 11 is 0. The van der Waals surface area contributed by atoms with Gasteiger partial charge in [0.2, 0.25) is 0 Å². The fraction of sp³-hybridized carbons (Fsp3) is 0.652. The van der Waals surface area contributed by atoms with Crippen LogP contribution in [-0.2, 0) is 9.78 Å². The van der Waals surface area contributed by atoms with Gasteiger partial charge in [-0.1, -0.05) is 83.6 Å². The zero-order valence-electron chi connectivity index (χ0n) is 17.7. The lowest BCUT2D eigenvalue weighted by molar-refractivity contribution is -0.241. The third kappa shape index (κ3) is 9.98. The summed E-state index contributed by atoms with van der Waals surface area (Å²) in [6.07, 6.45) is 14.8. The van der Waals surface area contributed by atoms with E-state index >= 15 is 0 Å². The van der Waals surface area contributed by atoms with Gasteiger partial charge in [0.05, 0.1) is 20.8 Å². The summed E-state index contributed by atoms with van der Waals surface area (Å²) in [5.41, 5.74) is 0.285. The number of methoxy groups -OCH3 is 2. The van der Waals surface area contributed by atoms with E-state index in [-0.39, 0.29) is 5.56 Å². The average Bonchev–Trinajstić information content (AvgIpc) is 2.73. The van der Waals surface area contributed by atoms with E-state index in [0.717, 1.165) is 19.3 Å². The molecule has 0 atom stereocenters. The zero-order chi connectivity index (χ0) is 20.5. The Morgan fingerprint density at radius 1 is 0.821 bits per heavy atom. The lowest BCUT2D eigenvalue weighted by Gasteiger charge is -2.11. The maximum Gasteiger partial charge on any atom is 0.376 e. The van der Waals surface area contributed by atoms with Gasteiger partial charge in [-0.05, 0) is 18.6 Å². The SMILES string of the molecule is [CH2]CCCCCCCCCCCCCOOC(=O)c1cccc(OC)c1OC. The van der Waals surface area contributed by atoms with Crippen molar-refractivity contribution < 1.29 is 24.0 Å². The van der Waals surface area contributed by atoms with Gasteiger partial charge < -0.3 is 9.47 Å². The van der Waals surface area contributed by atoms with Gasteiger partial charge in [-0.3, -0.25) is 4.89 Å². The Morgan fingerprint density at radius 3 is 1.93 bits per heavy atom. The Labute approximate surface area is 170 Å². The van der Waals surface area contributed by atoms with Gasteiger partial charge >= 0.3 is 5.97 Å². The number of para-hydroxylation sites is 1. The number of hydrogen-bond donors (Lipinski definition) is 0. The van der Waals surface area contributed by atoms with Crippen molar-refractivity contribution in [2.75, 3.05) is 20.8 Å². The van der Waals surface area contributed by atoms with E-state index < -0.39 is 5.97 Å². The van der Waals surface area contributed by atoms with Crippen molar-refractivity contribution >= 4 is 5.97 Å². The van der Waals surface area contributed by atoms with E-state index in [1.54, 1.807) is 18.2 Å². The van der Waals surface area contributed by atoms with Gasteiger partial charge in [0.1, 0.15) is 5.56 Å². The molecule has 0 spiro atoms. The molecule has 5 nitrogen and oxygen atoms in total. The second-order valence-corrected chi connectivity index (χ2v) is 6.98. The van der Waals surface area contributed by atoms with Crippen LogP contribution in [0.4, 0.5) is 0 Å². The van der Waals surface area contributed by atoms with E-state index in [4.69, 9.17) is 19.2 Å². The molecule has 0 saturated heterocycles. The van der Waals surface area contributed by atoms with Crippen LogP contribution in [0.1, 0.15) is 87.4 Å². The third-order valence-corrected chi connectivity index (χ3v) is 4.74. The van der Waals surface area contributed by atoms with Crippen LogP contribution >= 0.6 is 0 Å². The molecule has 0 aliphatic rings. The van der Waals surface area contributed by atoms with Crippen LogP contribution in [0.2, 0.25) is 0 Å². The number of ether oxygens (including phenoxy) is 2. The summed E-state index contributed by atoms with van der Waals surface area (Å²) in [4.78, 5) is 22.1. The molecule has 28 heavy (non-hydrogen) atoms. The summed E-state index contributed by atoms with van der Waals surface area (Å²) in [5, 5.41) is 0. The Bertz CT molecular complexity index is 530. The quantitative estimate of drug-likeness (QED) is 0.176. The predicted octanol–water partition coefficient (Wildman–Crippen LogP) is 6.31. The van der Waals surface area contributed by atoms with Gasteiger partial charge in [0, 0.05) is 0 Å². The van der Waals surface area contributed by atoms with E-state index in [2.05, 4.69) is 6.92 Å². The van der Waals surface area contributed by atoms with Gasteiger partial charge in [-0.15, -0.1) is 0 Å². The standard InChI is InChI=1S/C23H37O5/c1-4-5-6-7-8-9-10-11-12-13-14-15-19-27-28-23(24)20-17-16-18-21(25-2)22(20)26-3/h16-18H,1,4-15,19H2,2-3H3. The molecule has 0 amide bonds. The average molecular weight is 394 g/mol. The molecule has 0 aliphatic carbocycles. The van der Waals surface area contributed by atoms with Crippen molar-refractivity contribution in [2.24, 2.45) is 0 Å². The molecule has 0 fully saturated rings. The van der Waals surface area contributed by atoms with E-state index in [9.17, 15) is 4.79 Å². The fourth-order valence-electron chi connectivity index (χ4n) is 3.12. The molecule has 0 aliphatic heterocycles. The Hall–Kier alpha value is -1.75. The van der Waals surface area contributed by atoms with Crippen LogP contribution in [0.3, 0.4) is 0 Å². The summed E-state index contributed by atoms with van der Waals surface area (Å²) < 4.78 is 10.4. The maximum atomic E-state index is 12.1. The number of benzene rings is 1. The highest BCUT2D eigenvalue weighted by molar-refractivity contribution is 5.93. The highest BCUT2D eigenvalue weighted by Gasteiger charge is 2.18. The number of unbranched alkanes of at least 4 members (excludes halogenated alkanes) is 11. The van der Waals surface area contributed by atoms with Crippen molar-refractivity contribution in [1.82, 2.24) is 0 Å². The molecule has 0 heterocycles. The van der Waals surface area contributed by atoms with Crippen LogP contribution in [-0.4, -0.2) is 26.8 Å². The summed E-state index contributed by atoms with van der Waals surface area (Å²) in [7, 11) is 3.01. The summed E-state index contributed by atoms with van der Waals surface area (Å²) in [5.74, 6) is 0.252. The van der Waals surface area contributed by atoms with Gasteiger partial charge in [0.25, 0.3) is 0 Å². The molecule has 5 heteroatoms. The van der Waals surface area contributed by atoms with Crippen molar-refractivity contribution in [3.05, 3.63) is 30.7 Å². The lowest BCUT2D eigenvalue weighted by Crippen LogP contribution is -2.09. The Balaban J connectivity index is 2.02. The topological polar surface area (TPSA) is 54.0 Å². The minimum absolute atomic E-state index is 0.285. The first-order valence-electron chi connectivity index (χ1n) is 10.6. The summed E-state index contributed by atoms with van der Waals surface area (Å²) in [6.45, 7) is 4.28. The molecule has 1 aromatic carbocycles. The number of carbonyl (C=O) groups is 1. The van der Waals surface area contributed by atoms with Crippen molar-refractivity contribution in [3.8, 4) is 11.5 Å². The fourth-order valence-corrected chi connectivity index (χ4v) is 3.12. The lowest BCUT2D eigenvalue weighted by atomic mass is 10.1. The molecule has 0 aromatic heterocycles. The molecule has 0 bridgehead atoms. The largest absolute Gasteiger partial charge is 0.493 e. The monoisotopic (exact) mass is 393 g/mol. The highest BCUT2D eigenvalue weighted by atomic mass is 17.2. The van der Waals surface area contributed by atoms with Crippen LogP contribution in [0, 0.1) is 6.92 Å². The third-order valence-electron chi connectivity index (χ3n) is 4.74. The van der Waals surface area contributed by atoms with Crippen molar-refractivity contribution in [3.63, 3.8) is 0 Å². The highest BCUT2D eigenvalue weighted by Crippen LogP contribution is 2.31. The first-order chi connectivity index (χ1) is 13.7. The first-order valence-corrected chi connectivity index (χ1v) is 10.6. The van der Waals surface area contributed by atoms with Gasteiger partial charge in [-0.2, -0.15) is 4.89 Å². The molecule has 159 valence electrons. The minimum atomic E-state index is -0.578. The molecule has 0 N–H and O–H groups in total. The smallest absolute Gasteiger partial charge is 0.376 e. The molecular weight excluding hydrogens is 356 g/mol. The van der Waals surface area contributed by atoms with E-state index in [0.29, 0.717) is 18.1 Å². The molecule has 1 rings (SSSR count).